The Labute approximate surface area is 67.9 Å². The van der Waals surface area contributed by atoms with Gasteiger partial charge >= 0.3 is 5.97 Å². The molecule has 1 rings (SSSR count). The minimum absolute atomic E-state index is 0.00634. The van der Waals surface area contributed by atoms with Gasteiger partial charge in [-0.1, -0.05) is 20.3 Å². The Morgan fingerprint density at radius 1 is 1.73 bits per heavy atom. The van der Waals surface area contributed by atoms with E-state index in [2.05, 4.69) is 13.8 Å². The van der Waals surface area contributed by atoms with Crippen LogP contribution in [-0.4, -0.2) is 12.1 Å². The van der Waals surface area contributed by atoms with Crippen LogP contribution >= 0.6 is 0 Å². The third kappa shape index (κ3) is 1.73. The van der Waals surface area contributed by atoms with Crippen LogP contribution in [0.5, 0.6) is 0 Å². The Kier molecular flexibility index (Phi) is 2.53. The Morgan fingerprint density at radius 2 is 2.36 bits per heavy atom. The van der Waals surface area contributed by atoms with Gasteiger partial charge in [0.25, 0.3) is 0 Å². The number of carbonyl (C=O) groups is 1. The van der Waals surface area contributed by atoms with Gasteiger partial charge in [-0.05, 0) is 19.3 Å². The summed E-state index contributed by atoms with van der Waals surface area (Å²) in [6, 6.07) is 0. The first-order valence-electron chi connectivity index (χ1n) is 4.35. The lowest BCUT2D eigenvalue weighted by Gasteiger charge is -2.11. The number of carbonyl (C=O) groups excluding carboxylic acids is 1. The van der Waals surface area contributed by atoms with Gasteiger partial charge in [-0.15, -0.1) is 0 Å². The maximum atomic E-state index is 11.2. The molecular weight excluding hydrogens is 140 g/mol. The van der Waals surface area contributed by atoms with Gasteiger partial charge in [0.15, 0.2) is 0 Å². The lowest BCUT2D eigenvalue weighted by molar-refractivity contribution is -0.144. The van der Waals surface area contributed by atoms with Crippen LogP contribution in [0.15, 0.2) is 0 Å². The second-order valence-corrected chi connectivity index (χ2v) is 3.48. The van der Waals surface area contributed by atoms with Gasteiger partial charge in [0.1, 0.15) is 0 Å². The number of cyclic esters (lactones) is 1. The van der Waals surface area contributed by atoms with Crippen LogP contribution in [0.25, 0.3) is 0 Å². The van der Waals surface area contributed by atoms with Crippen molar-refractivity contribution in [2.75, 3.05) is 0 Å². The van der Waals surface area contributed by atoms with E-state index in [0.717, 1.165) is 12.8 Å². The first-order chi connectivity index (χ1) is 5.15. The molecule has 3 unspecified atom stereocenters. The van der Waals surface area contributed by atoms with E-state index >= 15 is 0 Å². The van der Waals surface area contributed by atoms with Crippen molar-refractivity contribution in [1.82, 2.24) is 0 Å². The standard InChI is InChI=1S/C9H16O2/c1-4-6(2)8-5-7(3)11-9(8)10/h6-8H,4-5H2,1-3H3. The fraction of sp³-hybridized carbons (Fsp3) is 0.889. The zero-order valence-corrected chi connectivity index (χ0v) is 7.46. The Hall–Kier alpha value is -0.530. The second-order valence-electron chi connectivity index (χ2n) is 3.48. The number of hydrogen-bond donors (Lipinski definition) is 0. The molecule has 1 saturated heterocycles. The molecule has 1 fully saturated rings. The minimum atomic E-state index is 0.00634. The molecule has 2 heteroatoms. The van der Waals surface area contributed by atoms with Gasteiger partial charge < -0.3 is 4.74 Å². The molecule has 11 heavy (non-hydrogen) atoms. The van der Waals surface area contributed by atoms with Crippen LogP contribution in [-0.2, 0) is 9.53 Å². The van der Waals surface area contributed by atoms with Crippen molar-refractivity contribution in [3.8, 4) is 0 Å². The van der Waals surface area contributed by atoms with Crippen molar-refractivity contribution in [3.05, 3.63) is 0 Å². The molecule has 64 valence electrons. The molecule has 2 nitrogen and oxygen atoms in total. The van der Waals surface area contributed by atoms with Crippen LogP contribution in [0.3, 0.4) is 0 Å². The average Bonchev–Trinajstić information content (AvgIpc) is 2.28. The Balaban J connectivity index is 2.52. The van der Waals surface area contributed by atoms with Gasteiger partial charge in [-0.25, -0.2) is 0 Å². The maximum Gasteiger partial charge on any atom is 0.309 e. The minimum Gasteiger partial charge on any atom is -0.462 e. The number of hydrogen-bond acceptors (Lipinski definition) is 2. The van der Waals surface area contributed by atoms with Gasteiger partial charge in [0, 0.05) is 0 Å². The Bertz CT molecular complexity index is 154. The van der Waals surface area contributed by atoms with E-state index in [1.54, 1.807) is 0 Å². The van der Waals surface area contributed by atoms with Crippen molar-refractivity contribution in [2.45, 2.75) is 39.7 Å². The third-order valence-electron chi connectivity index (χ3n) is 2.54. The van der Waals surface area contributed by atoms with Crippen molar-refractivity contribution >= 4 is 5.97 Å². The lowest BCUT2D eigenvalue weighted by atomic mass is 9.89. The first kappa shape index (κ1) is 8.57. The van der Waals surface area contributed by atoms with E-state index in [-0.39, 0.29) is 18.0 Å². The topological polar surface area (TPSA) is 26.3 Å². The highest BCUT2D eigenvalue weighted by atomic mass is 16.5. The lowest BCUT2D eigenvalue weighted by Crippen LogP contribution is -2.15. The second kappa shape index (κ2) is 3.24. The van der Waals surface area contributed by atoms with Gasteiger partial charge in [0.2, 0.25) is 0 Å². The van der Waals surface area contributed by atoms with Crippen LogP contribution in [0.2, 0.25) is 0 Å². The predicted octanol–water partition coefficient (Wildman–Crippen LogP) is 1.98. The number of rotatable bonds is 2. The molecule has 0 aliphatic carbocycles. The summed E-state index contributed by atoms with van der Waals surface area (Å²) < 4.78 is 5.06. The molecule has 0 spiro atoms. The molecule has 1 aliphatic heterocycles. The zero-order valence-electron chi connectivity index (χ0n) is 7.46. The number of esters is 1. The molecule has 0 radical (unpaired) electrons. The van der Waals surface area contributed by atoms with E-state index in [1.807, 2.05) is 6.92 Å². The molecule has 1 heterocycles. The molecule has 0 N–H and O–H groups in total. The fourth-order valence-electron chi connectivity index (χ4n) is 1.54. The van der Waals surface area contributed by atoms with Crippen molar-refractivity contribution in [1.29, 1.82) is 0 Å². The summed E-state index contributed by atoms with van der Waals surface area (Å²) in [5.74, 6) is 0.647. The molecular formula is C9H16O2. The van der Waals surface area contributed by atoms with E-state index in [9.17, 15) is 4.79 Å². The molecule has 0 aromatic rings. The van der Waals surface area contributed by atoms with E-state index in [4.69, 9.17) is 4.74 Å². The van der Waals surface area contributed by atoms with Crippen LogP contribution in [0.4, 0.5) is 0 Å². The first-order valence-corrected chi connectivity index (χ1v) is 4.35. The average molecular weight is 156 g/mol. The van der Waals surface area contributed by atoms with E-state index < -0.39 is 0 Å². The van der Waals surface area contributed by atoms with Crippen molar-refractivity contribution in [3.63, 3.8) is 0 Å². The molecule has 0 amide bonds. The maximum absolute atomic E-state index is 11.2. The zero-order chi connectivity index (χ0) is 8.43. The highest BCUT2D eigenvalue weighted by Crippen LogP contribution is 2.28. The SMILES string of the molecule is CCC(C)C1CC(C)OC1=O. The van der Waals surface area contributed by atoms with Crippen LogP contribution < -0.4 is 0 Å². The third-order valence-corrected chi connectivity index (χ3v) is 2.54. The van der Waals surface area contributed by atoms with Gasteiger partial charge in [0.05, 0.1) is 12.0 Å². The highest BCUT2D eigenvalue weighted by Gasteiger charge is 2.34. The summed E-state index contributed by atoms with van der Waals surface area (Å²) in [7, 11) is 0. The van der Waals surface area contributed by atoms with Crippen LogP contribution in [0.1, 0.15) is 33.6 Å². The van der Waals surface area contributed by atoms with E-state index in [1.165, 1.54) is 0 Å². The molecule has 3 atom stereocenters. The summed E-state index contributed by atoms with van der Waals surface area (Å²) >= 11 is 0. The quantitative estimate of drug-likeness (QED) is 0.571. The Morgan fingerprint density at radius 3 is 2.73 bits per heavy atom. The molecule has 0 bridgehead atoms. The number of ether oxygens (including phenoxy) is 1. The highest BCUT2D eigenvalue weighted by molar-refractivity contribution is 5.74. The van der Waals surface area contributed by atoms with Crippen molar-refractivity contribution in [2.24, 2.45) is 11.8 Å². The molecule has 0 aromatic carbocycles. The predicted molar refractivity (Wildman–Crippen MR) is 43.1 cm³/mol. The summed E-state index contributed by atoms with van der Waals surface area (Å²) in [4.78, 5) is 11.2. The van der Waals surface area contributed by atoms with Gasteiger partial charge in [-0.2, -0.15) is 0 Å². The smallest absolute Gasteiger partial charge is 0.309 e. The summed E-state index contributed by atoms with van der Waals surface area (Å²) in [6.45, 7) is 6.19. The largest absolute Gasteiger partial charge is 0.462 e. The van der Waals surface area contributed by atoms with Gasteiger partial charge in [-0.3, -0.25) is 4.79 Å². The van der Waals surface area contributed by atoms with Crippen LogP contribution in [0, 0.1) is 11.8 Å². The normalized spacial score (nSPS) is 33.5. The molecule has 0 saturated carbocycles. The summed E-state index contributed by atoms with van der Waals surface area (Å²) in [5, 5.41) is 0. The monoisotopic (exact) mass is 156 g/mol. The molecule has 1 aliphatic rings. The summed E-state index contributed by atoms with van der Waals surface area (Å²) in [5.41, 5.74) is 0. The van der Waals surface area contributed by atoms with Crippen molar-refractivity contribution < 1.29 is 9.53 Å². The fourth-order valence-corrected chi connectivity index (χ4v) is 1.54. The summed E-state index contributed by atoms with van der Waals surface area (Å²) in [6.07, 6.45) is 2.11. The molecule has 0 aromatic heterocycles. The van der Waals surface area contributed by atoms with E-state index in [0.29, 0.717) is 5.92 Å².